The second-order valence-electron chi connectivity index (χ2n) is 10.0. The quantitative estimate of drug-likeness (QED) is 0.178. The molecule has 0 saturated carbocycles. The number of pyridine rings is 1. The number of alkyl halides is 3. The molecule has 17 heteroatoms. The number of carbonyl (C=O) groups excluding carboxylic acids is 3. The number of aromatic nitrogens is 4. The molecule has 1 aliphatic heterocycles. The van der Waals surface area contributed by atoms with Gasteiger partial charge in [0.1, 0.15) is 23.7 Å². The summed E-state index contributed by atoms with van der Waals surface area (Å²) in [7, 11) is 1.57. The van der Waals surface area contributed by atoms with Crippen LogP contribution < -0.4 is 21.3 Å². The highest BCUT2D eigenvalue weighted by atomic mass is 35.5. The maximum Gasteiger partial charge on any atom is 0.433 e. The number of benzene rings is 2. The highest BCUT2D eigenvalue weighted by molar-refractivity contribution is 7.13. The first-order valence-electron chi connectivity index (χ1n) is 13.9. The molecule has 3 aromatic heterocycles. The summed E-state index contributed by atoms with van der Waals surface area (Å²) >= 11 is 6.62. The molecule has 0 unspecified atom stereocenters. The molecule has 2 aromatic carbocycles. The second kappa shape index (κ2) is 14.2. The van der Waals surface area contributed by atoms with E-state index in [1.54, 1.807) is 19.2 Å². The van der Waals surface area contributed by atoms with Gasteiger partial charge in [0.15, 0.2) is 5.82 Å². The molecule has 4 heterocycles. The zero-order valence-corrected chi connectivity index (χ0v) is 26.0. The van der Waals surface area contributed by atoms with Crippen molar-refractivity contribution in [2.24, 2.45) is 0 Å². The first-order chi connectivity index (χ1) is 22.4. The Hall–Kier alpha value is -4.93. The van der Waals surface area contributed by atoms with Gasteiger partial charge in [-0.25, -0.2) is 14.4 Å². The Bertz CT molecular complexity index is 1920. The molecule has 0 atom stereocenters. The van der Waals surface area contributed by atoms with Crippen LogP contribution in [0.2, 0.25) is 5.02 Å². The Morgan fingerprint density at radius 3 is 2.47 bits per heavy atom. The van der Waals surface area contributed by atoms with Crippen LogP contribution in [0, 0.1) is 5.82 Å². The van der Waals surface area contributed by atoms with E-state index in [2.05, 4.69) is 35.6 Å². The van der Waals surface area contributed by atoms with Crippen LogP contribution in [0.5, 0.6) is 0 Å². The topological polar surface area (TPSA) is 143 Å². The van der Waals surface area contributed by atoms with E-state index in [4.69, 9.17) is 11.6 Å². The van der Waals surface area contributed by atoms with E-state index in [0.717, 1.165) is 10.8 Å². The number of amides is 3. The van der Waals surface area contributed by atoms with E-state index < -0.39 is 23.7 Å². The molecule has 47 heavy (non-hydrogen) atoms. The molecular weight excluding hydrogens is 664 g/mol. The Balaban J connectivity index is 0.000000474. The number of nitrogens with zero attached hydrogens (tertiary/aromatic N) is 4. The van der Waals surface area contributed by atoms with Gasteiger partial charge >= 0.3 is 6.18 Å². The third-order valence-corrected chi connectivity index (χ3v) is 7.88. The molecule has 0 radical (unpaired) electrons. The first-order valence-corrected chi connectivity index (χ1v) is 15.0. The molecule has 6 rings (SSSR count). The van der Waals surface area contributed by atoms with Crippen molar-refractivity contribution in [3.63, 3.8) is 0 Å². The van der Waals surface area contributed by atoms with Gasteiger partial charge in [-0.3, -0.25) is 14.4 Å². The van der Waals surface area contributed by atoms with Crippen LogP contribution in [0.15, 0.2) is 60.7 Å². The lowest BCUT2D eigenvalue weighted by Crippen LogP contribution is -2.37. The zero-order valence-electron chi connectivity index (χ0n) is 24.4. The summed E-state index contributed by atoms with van der Waals surface area (Å²) in [6.45, 7) is -0.257. The molecule has 244 valence electrons. The number of nitrogens with one attached hydrogen (secondary N) is 4. The van der Waals surface area contributed by atoms with E-state index in [-0.39, 0.29) is 60.9 Å². The third kappa shape index (κ3) is 7.90. The highest BCUT2D eigenvalue weighted by Gasteiger charge is 2.33. The number of imidazole rings is 1. The molecule has 0 aliphatic carbocycles. The van der Waals surface area contributed by atoms with Crippen LogP contribution in [0.4, 0.5) is 23.4 Å². The number of hydrogen-bond donors (Lipinski definition) is 4. The van der Waals surface area contributed by atoms with Crippen molar-refractivity contribution in [3.8, 4) is 0 Å². The smallest absolute Gasteiger partial charge is 0.349 e. The van der Waals surface area contributed by atoms with Gasteiger partial charge in [-0.2, -0.15) is 17.5 Å². The molecule has 0 fully saturated rings. The van der Waals surface area contributed by atoms with Crippen LogP contribution in [0.1, 0.15) is 43.8 Å². The van der Waals surface area contributed by atoms with E-state index in [0.29, 0.717) is 21.7 Å². The van der Waals surface area contributed by atoms with E-state index in [1.165, 1.54) is 46.4 Å². The predicted molar refractivity (Wildman–Crippen MR) is 166 cm³/mol. The summed E-state index contributed by atoms with van der Waals surface area (Å²) in [5.74, 6) is -1.84. The van der Waals surface area contributed by atoms with E-state index >= 15 is 0 Å². The lowest BCUT2D eigenvalue weighted by atomic mass is 10.1. The first kappa shape index (κ1) is 33.4. The summed E-state index contributed by atoms with van der Waals surface area (Å²) in [4.78, 5) is 46.2. The van der Waals surface area contributed by atoms with Crippen molar-refractivity contribution < 1.29 is 31.9 Å². The predicted octanol–water partition coefficient (Wildman–Crippen LogP) is 4.92. The summed E-state index contributed by atoms with van der Waals surface area (Å²) in [6.07, 6.45) is -4.61. The number of hydrogen-bond acceptors (Lipinski definition) is 8. The molecule has 1 aliphatic rings. The SMILES string of the molecule is CNCc1nc(C(F)(F)F)ccc1CNC(=O)c1nc(NC(=O)c2nsc3ccccc23)c2n1CC(=O)NC2.Fc1ccc(Cl)cc1. The summed E-state index contributed by atoms with van der Waals surface area (Å²) in [5.41, 5.74) is 0.0811. The molecular formula is C30H25ClF4N8O3S. The minimum absolute atomic E-state index is 0.0294. The van der Waals surface area contributed by atoms with Gasteiger partial charge in [0.25, 0.3) is 11.8 Å². The molecule has 0 spiro atoms. The van der Waals surface area contributed by atoms with E-state index in [1.807, 2.05) is 12.1 Å². The van der Waals surface area contributed by atoms with Gasteiger partial charge in [-0.05, 0) is 60.5 Å². The fourth-order valence-corrected chi connectivity index (χ4v) is 5.46. The summed E-state index contributed by atoms with van der Waals surface area (Å²) < 4.78 is 57.8. The van der Waals surface area contributed by atoms with E-state index in [9.17, 15) is 31.9 Å². The maximum atomic E-state index is 13.1. The maximum absolute atomic E-state index is 13.1. The zero-order chi connectivity index (χ0) is 33.7. The van der Waals surface area contributed by atoms with Crippen LogP contribution in [0.25, 0.3) is 10.1 Å². The molecule has 11 nitrogen and oxygen atoms in total. The van der Waals surface area contributed by atoms with Crippen molar-refractivity contribution in [3.05, 3.63) is 106 Å². The number of fused-ring (bicyclic) bond motifs is 2. The minimum atomic E-state index is -4.61. The van der Waals surface area contributed by atoms with Crippen molar-refractivity contribution in [2.75, 3.05) is 12.4 Å². The normalized spacial score (nSPS) is 12.5. The van der Waals surface area contributed by atoms with Crippen molar-refractivity contribution in [2.45, 2.75) is 32.4 Å². The molecule has 5 aromatic rings. The van der Waals surface area contributed by atoms with Gasteiger partial charge in [0, 0.05) is 23.5 Å². The second-order valence-corrected chi connectivity index (χ2v) is 11.3. The highest BCUT2D eigenvalue weighted by Crippen LogP contribution is 2.29. The Morgan fingerprint density at radius 2 is 1.77 bits per heavy atom. The van der Waals surface area contributed by atoms with Gasteiger partial charge in [0.2, 0.25) is 11.7 Å². The van der Waals surface area contributed by atoms with Crippen LogP contribution in [-0.2, 0) is 37.1 Å². The van der Waals surface area contributed by atoms with Gasteiger partial charge in [0.05, 0.1) is 22.6 Å². The largest absolute Gasteiger partial charge is 0.433 e. The average molecular weight is 689 g/mol. The monoisotopic (exact) mass is 688 g/mol. The summed E-state index contributed by atoms with van der Waals surface area (Å²) in [5, 5.41) is 12.0. The number of rotatable bonds is 7. The molecule has 0 bridgehead atoms. The number of carbonyl (C=O) groups is 3. The van der Waals surface area contributed by atoms with Gasteiger partial charge in [-0.15, -0.1) is 0 Å². The average Bonchev–Trinajstić information content (AvgIpc) is 3.63. The van der Waals surface area contributed by atoms with Crippen LogP contribution >= 0.6 is 23.1 Å². The number of anilines is 1. The fraction of sp³-hybridized carbons (Fsp3) is 0.200. The van der Waals surface area contributed by atoms with Crippen molar-refractivity contribution >= 4 is 56.8 Å². The standard InChI is InChI=1S/C24H21F3N8O3S.C6H4ClF/c1-28-9-14-12(6-7-17(31-14)24(25,26)27)8-30-23(38)21-32-20(15-10-29-18(36)11-35(15)21)33-22(37)19-13-4-2-3-5-16(13)39-34-19;7-5-1-3-6(8)4-2-5/h2-7,28H,8-11H2,1H3,(H,29,36)(H,30,38)(H,33,37);1-4H. The Kier molecular flexibility index (Phi) is 10.1. The Labute approximate surface area is 273 Å². The number of halogens is 5. The minimum Gasteiger partial charge on any atom is -0.349 e. The van der Waals surface area contributed by atoms with Crippen LogP contribution in [-0.4, -0.2) is 43.7 Å². The summed E-state index contributed by atoms with van der Waals surface area (Å²) in [6, 6.07) is 15.0. The Morgan fingerprint density at radius 1 is 1.02 bits per heavy atom. The van der Waals surface area contributed by atoms with Gasteiger partial charge < -0.3 is 25.8 Å². The lowest BCUT2D eigenvalue weighted by molar-refractivity contribution is -0.141. The molecule has 0 saturated heterocycles. The molecule has 4 N–H and O–H groups in total. The molecule has 3 amide bonds. The van der Waals surface area contributed by atoms with Crippen molar-refractivity contribution in [1.82, 2.24) is 34.9 Å². The van der Waals surface area contributed by atoms with Crippen LogP contribution in [0.3, 0.4) is 0 Å². The third-order valence-electron chi connectivity index (χ3n) is 6.80. The van der Waals surface area contributed by atoms with Crippen molar-refractivity contribution in [1.29, 1.82) is 0 Å². The lowest BCUT2D eigenvalue weighted by Gasteiger charge is -2.18. The van der Waals surface area contributed by atoms with Gasteiger partial charge in [-0.1, -0.05) is 35.9 Å². The fourth-order valence-electron chi connectivity index (χ4n) is 4.56.